The van der Waals surface area contributed by atoms with Crippen LogP contribution in [0.5, 0.6) is 0 Å². The number of carbonyl (C=O) groups is 1. The third-order valence-corrected chi connectivity index (χ3v) is 5.24. The monoisotopic (exact) mass is 361 g/mol. The molecule has 0 saturated carbocycles. The van der Waals surface area contributed by atoms with E-state index in [9.17, 15) is 14.7 Å². The first kappa shape index (κ1) is 18.0. The first-order valence-corrected chi connectivity index (χ1v) is 9.58. The summed E-state index contributed by atoms with van der Waals surface area (Å²) in [7, 11) is 0. The van der Waals surface area contributed by atoms with Gasteiger partial charge in [0, 0.05) is 42.7 Å². The van der Waals surface area contributed by atoms with Gasteiger partial charge in [-0.1, -0.05) is 6.07 Å². The van der Waals surface area contributed by atoms with E-state index in [4.69, 9.17) is 0 Å². The molecule has 1 atom stereocenters. The number of pyridine rings is 1. The van der Waals surface area contributed by atoms with Gasteiger partial charge in [-0.15, -0.1) is 11.8 Å². The molecule has 1 saturated heterocycles. The zero-order chi connectivity index (χ0) is 18.0. The van der Waals surface area contributed by atoms with E-state index in [1.54, 1.807) is 11.8 Å². The summed E-state index contributed by atoms with van der Waals surface area (Å²) in [6.45, 7) is 5.01. The highest BCUT2D eigenvalue weighted by Gasteiger charge is 2.19. The Balaban J connectivity index is 2.05. The van der Waals surface area contributed by atoms with Crippen molar-refractivity contribution in [1.29, 1.82) is 0 Å². The molecule has 0 unspecified atom stereocenters. The normalized spacial score (nSPS) is 18.6. The lowest BCUT2D eigenvalue weighted by atomic mass is 10.1. The summed E-state index contributed by atoms with van der Waals surface area (Å²) >= 11 is 1.57. The van der Waals surface area contributed by atoms with Crippen molar-refractivity contribution in [2.75, 3.05) is 25.9 Å². The smallest absolute Gasteiger partial charge is 0.323 e. The Bertz CT molecular complexity index is 849. The summed E-state index contributed by atoms with van der Waals surface area (Å²) in [5, 5.41) is 13.5. The van der Waals surface area contributed by atoms with Gasteiger partial charge in [0.25, 0.3) is 5.56 Å². The molecule has 1 fully saturated rings. The predicted molar refractivity (Wildman–Crippen MR) is 100 cm³/mol. The lowest BCUT2D eigenvalue weighted by Crippen LogP contribution is -2.49. The van der Waals surface area contributed by atoms with E-state index in [2.05, 4.69) is 17.1 Å². The molecule has 0 radical (unpaired) electrons. The van der Waals surface area contributed by atoms with Crippen LogP contribution in [0, 0.1) is 0 Å². The van der Waals surface area contributed by atoms with Gasteiger partial charge in [-0.25, -0.2) is 0 Å². The van der Waals surface area contributed by atoms with Crippen LogP contribution in [0.4, 0.5) is 0 Å². The maximum absolute atomic E-state index is 12.9. The van der Waals surface area contributed by atoms with Gasteiger partial charge in [0.15, 0.2) is 0 Å². The number of carboxylic acid groups (broad SMARTS) is 1. The van der Waals surface area contributed by atoms with Crippen molar-refractivity contribution in [3.05, 3.63) is 40.2 Å². The van der Waals surface area contributed by atoms with Crippen LogP contribution in [0.3, 0.4) is 0 Å². The topological polar surface area (TPSA) is 74.6 Å². The fourth-order valence-corrected chi connectivity index (χ4v) is 3.77. The minimum Gasteiger partial charge on any atom is -0.480 e. The standard InChI is InChI=1S/C18H23N3O3S/c1-12-9-20(6-5-19-12)10-14-7-13-3-4-15(25-2)8-16(13)21(18(14)24)11-17(22)23/h3-4,7-8,12,19H,5-6,9-11H2,1-2H3,(H,22,23)/t12-/m1/s1. The summed E-state index contributed by atoms with van der Waals surface area (Å²) < 4.78 is 1.39. The second-order valence-electron chi connectivity index (χ2n) is 6.47. The lowest BCUT2D eigenvalue weighted by molar-refractivity contribution is -0.137. The van der Waals surface area contributed by atoms with Crippen LogP contribution in [0.2, 0.25) is 0 Å². The third kappa shape index (κ3) is 4.05. The summed E-state index contributed by atoms with van der Waals surface area (Å²) in [4.78, 5) is 27.5. The molecule has 0 bridgehead atoms. The van der Waals surface area contributed by atoms with E-state index in [0.29, 0.717) is 23.7 Å². The maximum atomic E-state index is 12.9. The second-order valence-corrected chi connectivity index (χ2v) is 7.35. The summed E-state index contributed by atoms with van der Waals surface area (Å²) in [6, 6.07) is 8.15. The van der Waals surface area contributed by atoms with Crippen molar-refractivity contribution in [3.8, 4) is 0 Å². The fraction of sp³-hybridized carbons (Fsp3) is 0.444. The zero-order valence-corrected chi connectivity index (χ0v) is 15.3. The van der Waals surface area contributed by atoms with Gasteiger partial charge in [0.2, 0.25) is 0 Å². The van der Waals surface area contributed by atoms with Crippen LogP contribution in [0.25, 0.3) is 10.9 Å². The first-order chi connectivity index (χ1) is 12.0. The fourth-order valence-electron chi connectivity index (χ4n) is 3.34. The van der Waals surface area contributed by atoms with Crippen molar-refractivity contribution in [2.24, 2.45) is 0 Å². The molecule has 0 amide bonds. The highest BCUT2D eigenvalue weighted by molar-refractivity contribution is 7.98. The van der Waals surface area contributed by atoms with E-state index >= 15 is 0 Å². The van der Waals surface area contributed by atoms with Crippen LogP contribution >= 0.6 is 11.8 Å². The number of hydrogen-bond donors (Lipinski definition) is 2. The van der Waals surface area contributed by atoms with E-state index in [0.717, 1.165) is 29.9 Å². The van der Waals surface area contributed by atoms with Crippen molar-refractivity contribution in [3.63, 3.8) is 0 Å². The molecule has 2 aromatic rings. The average Bonchev–Trinajstić information content (AvgIpc) is 2.58. The van der Waals surface area contributed by atoms with Crippen molar-refractivity contribution < 1.29 is 9.90 Å². The van der Waals surface area contributed by atoms with E-state index in [1.165, 1.54) is 4.57 Å². The number of rotatable bonds is 5. The van der Waals surface area contributed by atoms with E-state index < -0.39 is 5.97 Å². The van der Waals surface area contributed by atoms with Gasteiger partial charge in [-0.3, -0.25) is 19.1 Å². The number of fused-ring (bicyclic) bond motifs is 1. The van der Waals surface area contributed by atoms with E-state index in [1.807, 2.05) is 30.5 Å². The molecule has 1 aromatic heterocycles. The van der Waals surface area contributed by atoms with Crippen LogP contribution in [-0.2, 0) is 17.9 Å². The summed E-state index contributed by atoms with van der Waals surface area (Å²) in [5.74, 6) is -1.01. The van der Waals surface area contributed by atoms with Crippen molar-refractivity contribution in [2.45, 2.75) is 31.0 Å². The maximum Gasteiger partial charge on any atom is 0.323 e. The minimum atomic E-state index is -1.01. The minimum absolute atomic E-state index is 0.209. The Morgan fingerprint density at radius 3 is 2.88 bits per heavy atom. The van der Waals surface area contributed by atoms with Gasteiger partial charge < -0.3 is 10.4 Å². The Morgan fingerprint density at radius 2 is 2.20 bits per heavy atom. The van der Waals surface area contributed by atoms with Gasteiger partial charge in [-0.2, -0.15) is 0 Å². The Kier molecular flexibility index (Phi) is 5.46. The van der Waals surface area contributed by atoms with Gasteiger partial charge >= 0.3 is 5.97 Å². The Morgan fingerprint density at radius 1 is 1.40 bits per heavy atom. The molecular formula is C18H23N3O3S. The Hall–Kier alpha value is -1.83. The average molecular weight is 361 g/mol. The zero-order valence-electron chi connectivity index (χ0n) is 14.5. The number of nitrogens with zero attached hydrogens (tertiary/aromatic N) is 2. The molecule has 1 aliphatic rings. The van der Waals surface area contributed by atoms with Crippen molar-refractivity contribution >= 4 is 28.6 Å². The molecule has 0 aliphatic carbocycles. The molecule has 1 aliphatic heterocycles. The van der Waals surface area contributed by atoms with Crippen molar-refractivity contribution in [1.82, 2.24) is 14.8 Å². The number of benzene rings is 1. The van der Waals surface area contributed by atoms with Gasteiger partial charge in [0.1, 0.15) is 6.54 Å². The van der Waals surface area contributed by atoms with Gasteiger partial charge in [-0.05, 0) is 36.8 Å². The third-order valence-electron chi connectivity index (χ3n) is 4.52. The molecule has 1 aromatic carbocycles. The number of piperazine rings is 1. The number of aliphatic carboxylic acids is 1. The molecule has 25 heavy (non-hydrogen) atoms. The van der Waals surface area contributed by atoms with Crippen LogP contribution in [-0.4, -0.2) is 52.5 Å². The molecule has 7 heteroatoms. The largest absolute Gasteiger partial charge is 0.480 e. The number of carboxylic acids is 1. The number of aromatic nitrogens is 1. The molecule has 2 heterocycles. The molecular weight excluding hydrogens is 338 g/mol. The SMILES string of the molecule is CSc1ccc2cc(CN3CCN[C@H](C)C3)c(=O)n(CC(=O)O)c2c1. The molecule has 134 valence electrons. The summed E-state index contributed by atoms with van der Waals surface area (Å²) in [5.41, 5.74) is 1.12. The Labute approximate surface area is 150 Å². The number of nitrogens with one attached hydrogen (secondary N) is 1. The highest BCUT2D eigenvalue weighted by atomic mass is 32.2. The predicted octanol–water partition coefficient (Wildman–Crippen LogP) is 1.60. The lowest BCUT2D eigenvalue weighted by Gasteiger charge is -2.31. The molecule has 6 nitrogen and oxygen atoms in total. The molecule has 3 rings (SSSR count). The van der Waals surface area contributed by atoms with E-state index in [-0.39, 0.29) is 12.1 Å². The molecule has 2 N–H and O–H groups in total. The summed E-state index contributed by atoms with van der Waals surface area (Å²) in [6.07, 6.45) is 1.96. The quantitative estimate of drug-likeness (QED) is 0.788. The van der Waals surface area contributed by atoms with Crippen LogP contribution < -0.4 is 10.9 Å². The first-order valence-electron chi connectivity index (χ1n) is 8.36. The second kappa shape index (κ2) is 7.59. The highest BCUT2D eigenvalue weighted by Crippen LogP contribution is 2.22. The number of thioether (sulfide) groups is 1. The van der Waals surface area contributed by atoms with Gasteiger partial charge in [0.05, 0.1) is 5.52 Å². The molecule has 0 spiro atoms. The van der Waals surface area contributed by atoms with Crippen LogP contribution in [0.1, 0.15) is 12.5 Å². The van der Waals surface area contributed by atoms with Crippen LogP contribution in [0.15, 0.2) is 34.0 Å². The number of hydrogen-bond acceptors (Lipinski definition) is 5.